The van der Waals surface area contributed by atoms with Crippen LogP contribution in [0.3, 0.4) is 0 Å². The van der Waals surface area contributed by atoms with Gasteiger partial charge in [0.15, 0.2) is 0 Å². The highest BCUT2D eigenvalue weighted by Crippen LogP contribution is 1.99. The van der Waals surface area contributed by atoms with Gasteiger partial charge in [0.1, 0.15) is 10.8 Å². The molecule has 0 heterocycles. The second kappa shape index (κ2) is 10.4. The fourth-order valence-electron chi connectivity index (χ4n) is 1.31. The van der Waals surface area contributed by atoms with Crippen molar-refractivity contribution in [3.63, 3.8) is 0 Å². The summed E-state index contributed by atoms with van der Waals surface area (Å²) in [5.41, 5.74) is 0. The third kappa shape index (κ3) is 9.54. The lowest BCUT2D eigenvalue weighted by molar-refractivity contribution is -0.121. The van der Waals surface area contributed by atoms with Crippen LogP contribution in [-0.4, -0.2) is 35.7 Å². The van der Waals surface area contributed by atoms with Gasteiger partial charge in [-0.25, -0.2) is 0 Å². The molecule has 0 saturated heterocycles. The Labute approximate surface area is 119 Å². The van der Waals surface area contributed by atoms with E-state index >= 15 is 0 Å². The van der Waals surface area contributed by atoms with Crippen LogP contribution >= 0.6 is 23.2 Å². The fraction of sp³-hybridized carbons (Fsp3) is 0.833. The van der Waals surface area contributed by atoms with Crippen molar-refractivity contribution in [2.24, 2.45) is 0 Å². The highest BCUT2D eigenvalue weighted by molar-refractivity contribution is 6.30. The van der Waals surface area contributed by atoms with Gasteiger partial charge in [0.25, 0.3) is 0 Å². The zero-order valence-electron chi connectivity index (χ0n) is 11.0. The maximum atomic E-state index is 11.1. The minimum atomic E-state index is -0.474. The standard InChI is InChI=1S/C12H22Cl2N2O2/c1-9(13)11(17)15-7-5-3-4-6-8-16-12(18)10(2)14/h9-10H,3-8H2,1-2H3,(H,15,17)(H,16,18). The Morgan fingerprint density at radius 3 is 1.44 bits per heavy atom. The first-order valence-corrected chi connectivity index (χ1v) is 7.16. The zero-order chi connectivity index (χ0) is 14.0. The first-order chi connectivity index (χ1) is 8.45. The van der Waals surface area contributed by atoms with E-state index in [4.69, 9.17) is 23.2 Å². The molecule has 0 aliphatic rings. The van der Waals surface area contributed by atoms with Crippen LogP contribution in [0.1, 0.15) is 39.5 Å². The predicted molar refractivity (Wildman–Crippen MR) is 75.1 cm³/mol. The first-order valence-electron chi connectivity index (χ1n) is 6.28. The lowest BCUT2D eigenvalue weighted by atomic mass is 10.2. The summed E-state index contributed by atoms with van der Waals surface area (Å²) < 4.78 is 0. The monoisotopic (exact) mass is 296 g/mol. The van der Waals surface area contributed by atoms with Crippen LogP contribution in [-0.2, 0) is 9.59 Å². The quantitative estimate of drug-likeness (QED) is 0.505. The van der Waals surface area contributed by atoms with Crippen LogP contribution in [0.4, 0.5) is 0 Å². The van der Waals surface area contributed by atoms with E-state index in [1.54, 1.807) is 13.8 Å². The normalized spacial score (nSPS) is 13.8. The Balaban J connectivity index is 3.27. The predicted octanol–water partition coefficient (Wildman–Crippen LogP) is 2.03. The first kappa shape index (κ1) is 17.5. The van der Waals surface area contributed by atoms with Crippen LogP contribution in [0.5, 0.6) is 0 Å². The van der Waals surface area contributed by atoms with Gasteiger partial charge in [-0.15, -0.1) is 23.2 Å². The number of carbonyl (C=O) groups is 2. The summed E-state index contributed by atoms with van der Waals surface area (Å²) in [5, 5.41) is 4.55. The van der Waals surface area contributed by atoms with E-state index in [1.807, 2.05) is 0 Å². The third-order valence-corrected chi connectivity index (χ3v) is 2.82. The van der Waals surface area contributed by atoms with E-state index in [2.05, 4.69) is 10.6 Å². The van der Waals surface area contributed by atoms with E-state index in [9.17, 15) is 9.59 Å². The molecule has 2 amide bonds. The number of rotatable bonds is 9. The van der Waals surface area contributed by atoms with Crippen molar-refractivity contribution in [2.75, 3.05) is 13.1 Å². The van der Waals surface area contributed by atoms with Crippen molar-refractivity contribution < 1.29 is 9.59 Å². The fourth-order valence-corrected chi connectivity index (χ4v) is 1.46. The molecule has 0 aromatic rings. The van der Waals surface area contributed by atoms with Gasteiger partial charge in [-0.3, -0.25) is 9.59 Å². The van der Waals surface area contributed by atoms with Crippen LogP contribution in [0, 0.1) is 0 Å². The molecule has 0 spiro atoms. The molecular weight excluding hydrogens is 275 g/mol. The van der Waals surface area contributed by atoms with Crippen LogP contribution in [0.15, 0.2) is 0 Å². The molecule has 0 radical (unpaired) electrons. The summed E-state index contributed by atoms with van der Waals surface area (Å²) in [6.45, 7) is 4.61. The number of unbranched alkanes of at least 4 members (excludes halogenated alkanes) is 3. The number of amides is 2. The maximum absolute atomic E-state index is 11.1. The van der Waals surface area contributed by atoms with E-state index in [0.717, 1.165) is 25.7 Å². The number of alkyl halides is 2. The lowest BCUT2D eigenvalue weighted by Gasteiger charge is -2.07. The summed E-state index contributed by atoms with van der Waals surface area (Å²) in [6.07, 6.45) is 3.89. The molecule has 0 aromatic carbocycles. The summed E-state index contributed by atoms with van der Waals surface area (Å²) in [4.78, 5) is 22.2. The molecule has 18 heavy (non-hydrogen) atoms. The van der Waals surface area contributed by atoms with Gasteiger partial charge in [0.2, 0.25) is 11.8 Å². The Morgan fingerprint density at radius 1 is 0.833 bits per heavy atom. The molecule has 6 heteroatoms. The molecule has 2 unspecified atom stereocenters. The summed E-state index contributed by atoms with van der Waals surface area (Å²) in [5.74, 6) is -0.250. The molecule has 0 fully saturated rings. The summed E-state index contributed by atoms with van der Waals surface area (Å²) in [7, 11) is 0. The second-order valence-electron chi connectivity index (χ2n) is 4.23. The van der Waals surface area contributed by atoms with Gasteiger partial charge in [-0.1, -0.05) is 12.8 Å². The number of hydrogen-bond acceptors (Lipinski definition) is 2. The van der Waals surface area contributed by atoms with E-state index in [-0.39, 0.29) is 11.8 Å². The Hall–Kier alpha value is -0.480. The number of carbonyl (C=O) groups excluding carboxylic acids is 2. The average Bonchev–Trinajstić information content (AvgIpc) is 2.31. The molecule has 2 atom stereocenters. The van der Waals surface area contributed by atoms with Crippen molar-refractivity contribution in [3.05, 3.63) is 0 Å². The third-order valence-electron chi connectivity index (χ3n) is 2.42. The molecule has 0 bridgehead atoms. The minimum absolute atomic E-state index is 0.125. The molecule has 0 saturated carbocycles. The molecule has 0 aromatic heterocycles. The Kier molecular flexibility index (Phi) is 10.2. The van der Waals surface area contributed by atoms with Crippen LogP contribution < -0.4 is 10.6 Å². The van der Waals surface area contributed by atoms with E-state index in [0.29, 0.717) is 13.1 Å². The number of hydrogen-bond donors (Lipinski definition) is 2. The molecule has 106 valence electrons. The zero-order valence-corrected chi connectivity index (χ0v) is 12.5. The molecule has 0 aliphatic heterocycles. The second-order valence-corrected chi connectivity index (χ2v) is 5.54. The molecule has 4 nitrogen and oxygen atoms in total. The number of nitrogens with one attached hydrogen (secondary N) is 2. The maximum Gasteiger partial charge on any atom is 0.237 e. The van der Waals surface area contributed by atoms with Crippen molar-refractivity contribution in [3.8, 4) is 0 Å². The Morgan fingerprint density at radius 2 is 1.17 bits per heavy atom. The van der Waals surface area contributed by atoms with Gasteiger partial charge in [0.05, 0.1) is 0 Å². The minimum Gasteiger partial charge on any atom is -0.355 e. The number of halogens is 2. The lowest BCUT2D eigenvalue weighted by Crippen LogP contribution is -2.30. The molecular formula is C12H22Cl2N2O2. The molecule has 0 aliphatic carbocycles. The van der Waals surface area contributed by atoms with Gasteiger partial charge in [-0.2, -0.15) is 0 Å². The highest BCUT2D eigenvalue weighted by Gasteiger charge is 2.07. The summed E-state index contributed by atoms with van der Waals surface area (Å²) >= 11 is 11.2. The molecule has 0 rings (SSSR count). The van der Waals surface area contributed by atoms with Gasteiger partial charge in [0, 0.05) is 13.1 Å². The Bertz CT molecular complexity index is 232. The van der Waals surface area contributed by atoms with Crippen LogP contribution in [0.25, 0.3) is 0 Å². The van der Waals surface area contributed by atoms with Gasteiger partial charge >= 0.3 is 0 Å². The molecule has 2 N–H and O–H groups in total. The van der Waals surface area contributed by atoms with Crippen molar-refractivity contribution in [1.29, 1.82) is 0 Å². The SMILES string of the molecule is CC(Cl)C(=O)NCCCCCCNC(=O)C(C)Cl. The van der Waals surface area contributed by atoms with E-state index in [1.165, 1.54) is 0 Å². The largest absolute Gasteiger partial charge is 0.355 e. The van der Waals surface area contributed by atoms with Crippen molar-refractivity contribution in [1.82, 2.24) is 10.6 Å². The topological polar surface area (TPSA) is 58.2 Å². The van der Waals surface area contributed by atoms with Gasteiger partial charge < -0.3 is 10.6 Å². The van der Waals surface area contributed by atoms with E-state index < -0.39 is 10.8 Å². The van der Waals surface area contributed by atoms with Crippen molar-refractivity contribution in [2.45, 2.75) is 50.3 Å². The van der Waals surface area contributed by atoms with Crippen LogP contribution in [0.2, 0.25) is 0 Å². The van der Waals surface area contributed by atoms with Gasteiger partial charge in [-0.05, 0) is 26.7 Å². The highest BCUT2D eigenvalue weighted by atomic mass is 35.5. The van der Waals surface area contributed by atoms with Crippen molar-refractivity contribution >= 4 is 35.0 Å². The summed E-state index contributed by atoms with van der Waals surface area (Å²) in [6, 6.07) is 0. The smallest absolute Gasteiger partial charge is 0.237 e. The average molecular weight is 297 g/mol.